The lowest BCUT2D eigenvalue weighted by Gasteiger charge is -2.23. The van der Waals surface area contributed by atoms with Crippen LogP contribution in [-0.2, 0) is 16.2 Å². The molecule has 2 N–H and O–H groups in total. The van der Waals surface area contributed by atoms with Crippen LogP contribution >= 0.6 is 23.4 Å². The Hall–Kier alpha value is -2.96. The topological polar surface area (TPSA) is 67.4 Å². The Morgan fingerprint density at radius 1 is 1.03 bits per heavy atom. The van der Waals surface area contributed by atoms with Crippen molar-refractivity contribution in [3.63, 3.8) is 0 Å². The van der Waals surface area contributed by atoms with E-state index >= 15 is 0 Å². The molecule has 4 rings (SSSR count). The van der Waals surface area contributed by atoms with Crippen LogP contribution in [0.3, 0.4) is 0 Å². The summed E-state index contributed by atoms with van der Waals surface area (Å²) in [5, 5.41) is 5.89. The van der Waals surface area contributed by atoms with Gasteiger partial charge in [-0.3, -0.25) is 9.59 Å². The van der Waals surface area contributed by atoms with Crippen molar-refractivity contribution in [2.75, 3.05) is 10.6 Å². The van der Waals surface area contributed by atoms with Gasteiger partial charge in [0.2, 0.25) is 11.8 Å². The molecule has 2 amide bonds. The van der Waals surface area contributed by atoms with Gasteiger partial charge in [-0.05, 0) is 42.5 Å². The Labute approximate surface area is 183 Å². The van der Waals surface area contributed by atoms with E-state index in [-0.39, 0.29) is 18.2 Å². The first kappa shape index (κ1) is 20.3. The Balaban J connectivity index is 1.31. The summed E-state index contributed by atoms with van der Waals surface area (Å²) in [6.07, 6.45) is 0.0928. The molecule has 5 nitrogen and oxygen atoms in total. The molecule has 0 aliphatic carbocycles. The molecule has 7 heteroatoms. The molecule has 1 aliphatic rings. The van der Waals surface area contributed by atoms with Gasteiger partial charge in [-0.1, -0.05) is 41.9 Å². The zero-order valence-corrected chi connectivity index (χ0v) is 17.5. The fourth-order valence-electron chi connectivity index (χ4n) is 3.02. The van der Waals surface area contributed by atoms with E-state index in [2.05, 4.69) is 10.6 Å². The molecule has 0 bridgehead atoms. The molecule has 0 fully saturated rings. The zero-order chi connectivity index (χ0) is 20.9. The number of ether oxygens (including phenoxy) is 1. The fourth-order valence-corrected chi connectivity index (χ4v) is 4.32. The minimum atomic E-state index is -0.460. The second-order valence-corrected chi connectivity index (χ2v) is 8.40. The van der Waals surface area contributed by atoms with Crippen molar-refractivity contribution in [2.45, 2.75) is 23.2 Å². The summed E-state index contributed by atoms with van der Waals surface area (Å²) in [5.74, 6) is 0.302. The quantitative estimate of drug-likeness (QED) is 0.543. The number of nitrogens with one attached hydrogen (secondary N) is 2. The number of rotatable bonds is 6. The minimum Gasteiger partial charge on any atom is -0.489 e. The molecule has 0 radical (unpaired) electrons. The number of amides is 2. The molecule has 0 saturated carbocycles. The van der Waals surface area contributed by atoms with E-state index in [0.29, 0.717) is 23.1 Å². The highest BCUT2D eigenvalue weighted by Gasteiger charge is 2.28. The van der Waals surface area contributed by atoms with Gasteiger partial charge < -0.3 is 15.4 Å². The predicted molar refractivity (Wildman–Crippen MR) is 120 cm³/mol. The molecule has 3 aromatic carbocycles. The number of thioether (sulfide) groups is 1. The van der Waals surface area contributed by atoms with E-state index < -0.39 is 5.25 Å². The number of carbonyl (C=O) groups is 2. The highest BCUT2D eigenvalue weighted by molar-refractivity contribution is 8.01. The maximum atomic E-state index is 12.4. The SMILES string of the molecule is O=C(CC1Sc2ccccc2NC1=O)Nc1ccc(OCc2ccccc2Cl)cc1. The van der Waals surface area contributed by atoms with Gasteiger partial charge in [0.1, 0.15) is 12.4 Å². The molecule has 1 atom stereocenters. The van der Waals surface area contributed by atoms with Crippen molar-refractivity contribution in [3.05, 3.63) is 83.4 Å². The van der Waals surface area contributed by atoms with Crippen molar-refractivity contribution >= 4 is 46.6 Å². The summed E-state index contributed by atoms with van der Waals surface area (Å²) < 4.78 is 5.75. The molecule has 1 aliphatic heterocycles. The van der Waals surface area contributed by atoms with Gasteiger partial charge in [0.25, 0.3) is 0 Å². The predicted octanol–water partition coefficient (Wildman–Crippen LogP) is 5.36. The molecule has 1 unspecified atom stereocenters. The van der Waals surface area contributed by atoms with Crippen LogP contribution in [-0.4, -0.2) is 17.1 Å². The van der Waals surface area contributed by atoms with Crippen LogP contribution in [0.4, 0.5) is 11.4 Å². The largest absolute Gasteiger partial charge is 0.489 e. The van der Waals surface area contributed by atoms with Crippen LogP contribution in [0.1, 0.15) is 12.0 Å². The van der Waals surface area contributed by atoms with Crippen LogP contribution in [0.15, 0.2) is 77.7 Å². The van der Waals surface area contributed by atoms with Gasteiger partial charge in [-0.2, -0.15) is 0 Å². The first-order chi connectivity index (χ1) is 14.6. The van der Waals surface area contributed by atoms with Crippen LogP contribution in [0.25, 0.3) is 0 Å². The average Bonchev–Trinajstić information content (AvgIpc) is 2.75. The molecule has 152 valence electrons. The second-order valence-electron chi connectivity index (χ2n) is 6.75. The van der Waals surface area contributed by atoms with Gasteiger partial charge in [0, 0.05) is 27.6 Å². The monoisotopic (exact) mass is 438 g/mol. The molecule has 0 saturated heterocycles. The van der Waals surface area contributed by atoms with E-state index in [4.69, 9.17) is 16.3 Å². The Bertz CT molecular complexity index is 1070. The minimum absolute atomic E-state index is 0.0928. The van der Waals surface area contributed by atoms with E-state index in [1.165, 1.54) is 11.8 Å². The molecular formula is C23H19ClN2O3S. The third-order valence-electron chi connectivity index (χ3n) is 4.57. The Kier molecular flexibility index (Phi) is 6.26. The number of carbonyl (C=O) groups excluding carboxylic acids is 2. The summed E-state index contributed by atoms with van der Waals surface area (Å²) in [4.78, 5) is 25.7. The number of anilines is 2. The summed E-state index contributed by atoms with van der Waals surface area (Å²) in [7, 11) is 0. The molecule has 0 aromatic heterocycles. The van der Waals surface area contributed by atoms with Crippen LogP contribution in [0.5, 0.6) is 5.75 Å². The number of para-hydroxylation sites is 1. The number of halogens is 1. The fraction of sp³-hybridized carbons (Fsp3) is 0.130. The average molecular weight is 439 g/mol. The van der Waals surface area contributed by atoms with E-state index in [1.807, 2.05) is 48.5 Å². The normalized spacial score (nSPS) is 15.1. The maximum Gasteiger partial charge on any atom is 0.238 e. The van der Waals surface area contributed by atoms with E-state index in [0.717, 1.165) is 16.1 Å². The molecule has 30 heavy (non-hydrogen) atoms. The van der Waals surface area contributed by atoms with Gasteiger partial charge in [0.05, 0.1) is 10.9 Å². The van der Waals surface area contributed by atoms with Crippen molar-refractivity contribution in [1.82, 2.24) is 0 Å². The van der Waals surface area contributed by atoms with Gasteiger partial charge in [-0.15, -0.1) is 11.8 Å². The van der Waals surface area contributed by atoms with E-state index in [1.54, 1.807) is 24.3 Å². The number of hydrogen-bond donors (Lipinski definition) is 2. The first-order valence-electron chi connectivity index (χ1n) is 9.41. The second kappa shape index (κ2) is 9.24. The first-order valence-corrected chi connectivity index (χ1v) is 10.7. The van der Waals surface area contributed by atoms with Gasteiger partial charge in [-0.25, -0.2) is 0 Å². The maximum absolute atomic E-state index is 12.4. The lowest BCUT2D eigenvalue weighted by molar-refractivity contribution is -0.120. The summed E-state index contributed by atoms with van der Waals surface area (Å²) in [6, 6.07) is 22.2. The van der Waals surface area contributed by atoms with Crippen LogP contribution in [0.2, 0.25) is 5.02 Å². The standard InChI is InChI=1S/C23H19ClN2O3S/c24-18-6-2-1-5-15(18)14-29-17-11-9-16(10-12-17)25-22(27)13-21-23(28)26-19-7-3-4-8-20(19)30-21/h1-12,21H,13-14H2,(H,25,27)(H,26,28). The van der Waals surface area contributed by atoms with Gasteiger partial charge >= 0.3 is 0 Å². The number of benzene rings is 3. The number of hydrogen-bond acceptors (Lipinski definition) is 4. The van der Waals surface area contributed by atoms with Crippen molar-refractivity contribution in [3.8, 4) is 5.75 Å². The molecule has 3 aromatic rings. The molecule has 1 heterocycles. The van der Waals surface area contributed by atoms with E-state index in [9.17, 15) is 9.59 Å². The highest BCUT2D eigenvalue weighted by Crippen LogP contribution is 2.36. The highest BCUT2D eigenvalue weighted by atomic mass is 35.5. The third kappa shape index (κ3) is 4.96. The molecular weight excluding hydrogens is 420 g/mol. The van der Waals surface area contributed by atoms with Crippen LogP contribution in [0, 0.1) is 0 Å². The van der Waals surface area contributed by atoms with Crippen LogP contribution < -0.4 is 15.4 Å². The van der Waals surface area contributed by atoms with Gasteiger partial charge in [0.15, 0.2) is 0 Å². The smallest absolute Gasteiger partial charge is 0.238 e. The lowest BCUT2D eigenvalue weighted by Crippen LogP contribution is -2.32. The number of fused-ring (bicyclic) bond motifs is 1. The third-order valence-corrected chi connectivity index (χ3v) is 6.21. The summed E-state index contributed by atoms with van der Waals surface area (Å²) >= 11 is 7.54. The zero-order valence-electron chi connectivity index (χ0n) is 15.9. The lowest BCUT2D eigenvalue weighted by atomic mass is 10.2. The Morgan fingerprint density at radius 2 is 1.77 bits per heavy atom. The van der Waals surface area contributed by atoms with Crippen molar-refractivity contribution in [1.29, 1.82) is 0 Å². The molecule has 0 spiro atoms. The summed E-state index contributed by atoms with van der Waals surface area (Å²) in [5.41, 5.74) is 2.34. The summed E-state index contributed by atoms with van der Waals surface area (Å²) in [6.45, 7) is 0.362. The Morgan fingerprint density at radius 3 is 2.57 bits per heavy atom. The van der Waals surface area contributed by atoms with Crippen molar-refractivity contribution < 1.29 is 14.3 Å². The van der Waals surface area contributed by atoms with Crippen molar-refractivity contribution in [2.24, 2.45) is 0 Å².